The number of pyridine rings is 1. The van der Waals surface area contributed by atoms with Gasteiger partial charge >= 0.3 is 6.09 Å². The number of rotatable bonds is 6. The minimum absolute atomic E-state index is 0.200. The number of carbonyl (C=O) groups excluding carboxylic acids is 2. The molecule has 0 aliphatic carbocycles. The van der Waals surface area contributed by atoms with Gasteiger partial charge in [-0.3, -0.25) is 9.78 Å². The van der Waals surface area contributed by atoms with E-state index in [0.29, 0.717) is 32.1 Å². The largest absolute Gasteiger partial charge is 0.450 e. The van der Waals surface area contributed by atoms with Gasteiger partial charge in [-0.2, -0.15) is 0 Å². The average Bonchev–Trinajstić information content (AvgIpc) is 2.74. The summed E-state index contributed by atoms with van der Waals surface area (Å²) in [4.78, 5) is 38.0. The average molecular weight is 384 g/mol. The van der Waals surface area contributed by atoms with Crippen molar-refractivity contribution in [3.05, 3.63) is 48.2 Å². The van der Waals surface area contributed by atoms with E-state index in [1.54, 1.807) is 30.4 Å². The number of likely N-dealkylation sites (tertiary alicyclic amines) is 1. The van der Waals surface area contributed by atoms with Gasteiger partial charge in [-0.1, -0.05) is 0 Å². The van der Waals surface area contributed by atoms with Crippen LogP contribution < -0.4 is 10.6 Å². The number of piperidine rings is 1. The normalized spacial score (nSPS) is 14.4. The second-order valence-electron chi connectivity index (χ2n) is 6.43. The maximum atomic E-state index is 12.2. The number of hydrogen-bond acceptors (Lipinski definition) is 7. The van der Waals surface area contributed by atoms with Crippen LogP contribution in [0.2, 0.25) is 0 Å². The molecule has 0 radical (unpaired) electrons. The highest BCUT2D eigenvalue weighted by atomic mass is 16.6. The second kappa shape index (κ2) is 9.63. The molecule has 2 N–H and O–H groups in total. The third-order valence-electron chi connectivity index (χ3n) is 4.46. The van der Waals surface area contributed by atoms with Crippen molar-refractivity contribution in [2.75, 3.05) is 25.0 Å². The number of nitrogens with one attached hydrogen (secondary N) is 2. The maximum absolute atomic E-state index is 12.2. The molecule has 2 aromatic rings. The highest BCUT2D eigenvalue weighted by Gasteiger charge is 2.23. The Morgan fingerprint density at radius 3 is 2.57 bits per heavy atom. The molecule has 28 heavy (non-hydrogen) atoms. The van der Waals surface area contributed by atoms with Crippen LogP contribution in [0.3, 0.4) is 0 Å². The van der Waals surface area contributed by atoms with Crippen LogP contribution in [0.15, 0.2) is 36.9 Å². The summed E-state index contributed by atoms with van der Waals surface area (Å²) in [5.74, 6) is 0.332. The Balaban J connectivity index is 1.45. The number of amides is 2. The molecule has 2 amide bonds. The molecule has 0 spiro atoms. The third-order valence-corrected chi connectivity index (χ3v) is 4.46. The highest BCUT2D eigenvalue weighted by Crippen LogP contribution is 2.15. The number of ether oxygens (including phenoxy) is 1. The first-order valence-electron chi connectivity index (χ1n) is 9.33. The Kier molecular flexibility index (Phi) is 6.72. The van der Waals surface area contributed by atoms with Crippen LogP contribution >= 0.6 is 0 Å². The van der Waals surface area contributed by atoms with Crippen LogP contribution in [0, 0.1) is 0 Å². The summed E-state index contributed by atoms with van der Waals surface area (Å²) in [7, 11) is 0. The zero-order valence-corrected chi connectivity index (χ0v) is 15.8. The zero-order valence-electron chi connectivity index (χ0n) is 15.8. The molecular weight excluding hydrogens is 360 g/mol. The van der Waals surface area contributed by atoms with E-state index in [1.807, 2.05) is 12.1 Å². The molecule has 0 aromatic carbocycles. The van der Waals surface area contributed by atoms with Gasteiger partial charge in [-0.15, -0.1) is 0 Å². The Hall–Kier alpha value is -3.23. The van der Waals surface area contributed by atoms with Gasteiger partial charge in [0.1, 0.15) is 11.5 Å². The summed E-state index contributed by atoms with van der Waals surface area (Å²) >= 11 is 0. The highest BCUT2D eigenvalue weighted by molar-refractivity contribution is 5.91. The number of aromatic nitrogens is 3. The Labute approximate surface area is 163 Å². The summed E-state index contributed by atoms with van der Waals surface area (Å²) in [6, 6.07) is 3.88. The molecule has 3 rings (SSSR count). The fourth-order valence-corrected chi connectivity index (χ4v) is 2.92. The molecule has 9 heteroatoms. The zero-order chi connectivity index (χ0) is 19.8. The van der Waals surface area contributed by atoms with E-state index in [4.69, 9.17) is 4.74 Å². The van der Waals surface area contributed by atoms with E-state index in [-0.39, 0.29) is 23.7 Å². The number of hydrogen-bond donors (Lipinski definition) is 2. The van der Waals surface area contributed by atoms with E-state index in [9.17, 15) is 9.59 Å². The first-order valence-corrected chi connectivity index (χ1v) is 9.33. The first-order chi connectivity index (χ1) is 13.7. The van der Waals surface area contributed by atoms with Gasteiger partial charge < -0.3 is 20.3 Å². The fraction of sp³-hybridized carbons (Fsp3) is 0.421. The van der Waals surface area contributed by atoms with Crippen molar-refractivity contribution in [1.29, 1.82) is 0 Å². The van der Waals surface area contributed by atoms with Crippen molar-refractivity contribution in [2.45, 2.75) is 32.4 Å². The standard InChI is InChI=1S/C19H24N6O3/c1-2-28-19(27)25-9-5-15(6-10-25)24-17-13-21-16(12-22-17)18(26)23-11-14-3-7-20-8-4-14/h3-4,7-8,12-13,15H,2,5-6,9-11H2,1H3,(H,22,24)(H,23,26). The Morgan fingerprint density at radius 1 is 1.18 bits per heavy atom. The Morgan fingerprint density at radius 2 is 1.93 bits per heavy atom. The summed E-state index contributed by atoms with van der Waals surface area (Å²) in [5, 5.41) is 6.11. The van der Waals surface area contributed by atoms with Crippen LogP contribution in [0.5, 0.6) is 0 Å². The molecule has 2 aromatic heterocycles. The van der Waals surface area contributed by atoms with E-state index in [2.05, 4.69) is 25.6 Å². The summed E-state index contributed by atoms with van der Waals surface area (Å²) < 4.78 is 5.02. The van der Waals surface area contributed by atoms with Crippen LogP contribution in [0.4, 0.5) is 10.6 Å². The minimum Gasteiger partial charge on any atom is -0.450 e. The molecule has 9 nitrogen and oxygen atoms in total. The molecule has 1 aliphatic rings. The lowest BCUT2D eigenvalue weighted by molar-refractivity contribution is 0.0944. The van der Waals surface area contributed by atoms with Crippen LogP contribution in [0.25, 0.3) is 0 Å². The smallest absolute Gasteiger partial charge is 0.409 e. The van der Waals surface area contributed by atoms with Gasteiger partial charge in [0.05, 0.1) is 19.0 Å². The number of nitrogens with zero attached hydrogens (tertiary/aromatic N) is 4. The van der Waals surface area contributed by atoms with Gasteiger partial charge in [-0.25, -0.2) is 14.8 Å². The predicted molar refractivity (Wildman–Crippen MR) is 103 cm³/mol. The van der Waals surface area contributed by atoms with Gasteiger partial charge in [-0.05, 0) is 37.5 Å². The summed E-state index contributed by atoms with van der Waals surface area (Å²) in [6.45, 7) is 3.87. The van der Waals surface area contributed by atoms with Crippen LogP contribution in [0.1, 0.15) is 35.8 Å². The van der Waals surface area contributed by atoms with Gasteiger partial charge in [0, 0.05) is 38.1 Å². The van der Waals surface area contributed by atoms with Crippen LogP contribution in [-0.4, -0.2) is 57.6 Å². The maximum Gasteiger partial charge on any atom is 0.409 e. The molecule has 1 aliphatic heterocycles. The lowest BCUT2D eigenvalue weighted by Gasteiger charge is -2.31. The topological polar surface area (TPSA) is 109 Å². The molecular formula is C19H24N6O3. The quantitative estimate of drug-likeness (QED) is 0.782. The van der Waals surface area contributed by atoms with E-state index in [0.717, 1.165) is 18.4 Å². The van der Waals surface area contributed by atoms with E-state index in [1.165, 1.54) is 6.20 Å². The molecule has 3 heterocycles. The van der Waals surface area contributed by atoms with Crippen molar-refractivity contribution in [1.82, 2.24) is 25.2 Å². The van der Waals surface area contributed by atoms with E-state index >= 15 is 0 Å². The predicted octanol–water partition coefficient (Wildman–Crippen LogP) is 1.83. The molecule has 0 saturated carbocycles. The van der Waals surface area contributed by atoms with Gasteiger partial charge in [0.2, 0.25) is 0 Å². The van der Waals surface area contributed by atoms with Crippen molar-refractivity contribution >= 4 is 17.8 Å². The molecule has 1 fully saturated rings. The summed E-state index contributed by atoms with van der Waals surface area (Å²) in [5.41, 5.74) is 1.22. The first kappa shape index (κ1) is 19.5. The number of carbonyl (C=O) groups is 2. The molecule has 0 atom stereocenters. The van der Waals surface area contributed by atoms with Gasteiger partial charge in [0.15, 0.2) is 0 Å². The lowest BCUT2D eigenvalue weighted by atomic mass is 10.1. The second-order valence-corrected chi connectivity index (χ2v) is 6.43. The molecule has 0 bridgehead atoms. The number of anilines is 1. The van der Waals surface area contributed by atoms with Crippen molar-refractivity contribution < 1.29 is 14.3 Å². The monoisotopic (exact) mass is 384 g/mol. The SMILES string of the molecule is CCOC(=O)N1CCC(Nc2cnc(C(=O)NCc3ccncc3)cn2)CC1. The van der Waals surface area contributed by atoms with Crippen molar-refractivity contribution in [3.63, 3.8) is 0 Å². The lowest BCUT2D eigenvalue weighted by Crippen LogP contribution is -2.42. The van der Waals surface area contributed by atoms with Gasteiger partial charge in [0.25, 0.3) is 5.91 Å². The van der Waals surface area contributed by atoms with Crippen molar-refractivity contribution in [2.24, 2.45) is 0 Å². The molecule has 148 valence electrons. The van der Waals surface area contributed by atoms with Crippen molar-refractivity contribution in [3.8, 4) is 0 Å². The minimum atomic E-state index is -0.279. The molecule has 1 saturated heterocycles. The summed E-state index contributed by atoms with van der Waals surface area (Å²) in [6.07, 6.45) is 7.71. The third kappa shape index (κ3) is 5.38. The molecule has 0 unspecified atom stereocenters. The van der Waals surface area contributed by atoms with E-state index < -0.39 is 0 Å². The van der Waals surface area contributed by atoms with Crippen LogP contribution in [-0.2, 0) is 11.3 Å². The fourth-order valence-electron chi connectivity index (χ4n) is 2.92. The Bertz CT molecular complexity index is 776.